The van der Waals surface area contributed by atoms with Crippen LogP contribution in [0.4, 0.5) is 0 Å². The van der Waals surface area contributed by atoms with Crippen LogP contribution < -0.4 is 0 Å². The molecule has 1 aliphatic heterocycles. The molecule has 0 atom stereocenters. The largest absolute Gasteiger partial charge is 0.347 e. The molecule has 0 bridgehead atoms. The predicted octanol–water partition coefficient (Wildman–Crippen LogP) is 1.97. The number of likely N-dealkylation sites (tertiary alicyclic amines) is 1. The summed E-state index contributed by atoms with van der Waals surface area (Å²) in [5.74, 6) is 0.191. The quantitative estimate of drug-likeness (QED) is 0.825. The number of piperidine rings is 1. The van der Waals surface area contributed by atoms with Gasteiger partial charge in [0.1, 0.15) is 5.69 Å². The van der Waals surface area contributed by atoms with E-state index in [0.29, 0.717) is 5.41 Å². The molecule has 0 aromatic carbocycles. The molecule has 2 aliphatic rings. The van der Waals surface area contributed by atoms with Crippen LogP contribution in [0.2, 0.25) is 0 Å². The molecule has 4 heteroatoms. The van der Waals surface area contributed by atoms with Crippen molar-refractivity contribution < 1.29 is 4.79 Å². The van der Waals surface area contributed by atoms with Gasteiger partial charge in [0.25, 0.3) is 5.91 Å². The van der Waals surface area contributed by atoms with Crippen LogP contribution in [0.3, 0.4) is 0 Å². The first-order valence-corrected chi connectivity index (χ1v) is 7.58. The van der Waals surface area contributed by atoms with E-state index in [2.05, 4.69) is 19.0 Å². The van der Waals surface area contributed by atoms with Crippen LogP contribution >= 0.6 is 0 Å². The topological polar surface area (TPSA) is 28.5 Å². The van der Waals surface area contributed by atoms with Crippen LogP contribution in [-0.2, 0) is 7.05 Å². The number of carbonyl (C=O) groups is 1. The molecule has 110 valence electrons. The Balaban J connectivity index is 1.57. The highest BCUT2D eigenvalue weighted by Crippen LogP contribution is 2.50. The molecule has 1 amide bonds. The van der Waals surface area contributed by atoms with Gasteiger partial charge in [0.15, 0.2) is 0 Å². The minimum absolute atomic E-state index is 0.191. The third kappa shape index (κ3) is 2.26. The van der Waals surface area contributed by atoms with Crippen molar-refractivity contribution in [2.75, 3.05) is 27.2 Å². The summed E-state index contributed by atoms with van der Waals surface area (Å²) in [4.78, 5) is 16.8. The Kier molecular flexibility index (Phi) is 3.36. The van der Waals surface area contributed by atoms with Gasteiger partial charge in [-0.3, -0.25) is 4.79 Å². The van der Waals surface area contributed by atoms with Gasteiger partial charge < -0.3 is 14.4 Å². The zero-order chi connectivity index (χ0) is 14.3. The molecule has 3 rings (SSSR count). The van der Waals surface area contributed by atoms with E-state index in [1.165, 1.54) is 25.7 Å². The molecule has 2 fully saturated rings. The van der Waals surface area contributed by atoms with E-state index >= 15 is 0 Å². The van der Waals surface area contributed by atoms with E-state index in [-0.39, 0.29) is 5.91 Å². The summed E-state index contributed by atoms with van der Waals surface area (Å²) in [6, 6.07) is 4.61. The molecule has 0 N–H and O–H groups in total. The molecule has 1 spiro atoms. The summed E-state index contributed by atoms with van der Waals surface area (Å²) in [5, 5.41) is 0. The van der Waals surface area contributed by atoms with Gasteiger partial charge in [-0.1, -0.05) is 0 Å². The van der Waals surface area contributed by atoms with E-state index in [9.17, 15) is 4.79 Å². The van der Waals surface area contributed by atoms with Gasteiger partial charge in [-0.15, -0.1) is 0 Å². The maximum absolute atomic E-state index is 12.5. The highest BCUT2D eigenvalue weighted by Gasteiger charge is 2.47. The number of carbonyl (C=O) groups excluding carboxylic acids is 1. The summed E-state index contributed by atoms with van der Waals surface area (Å²) >= 11 is 0. The van der Waals surface area contributed by atoms with Crippen molar-refractivity contribution in [2.24, 2.45) is 12.5 Å². The summed E-state index contributed by atoms with van der Waals surface area (Å²) in [6.45, 7) is 1.84. The minimum atomic E-state index is 0.191. The monoisotopic (exact) mass is 275 g/mol. The molecule has 1 aliphatic carbocycles. The Morgan fingerprint density at radius 1 is 1.30 bits per heavy atom. The fraction of sp³-hybridized carbons (Fsp3) is 0.688. The van der Waals surface area contributed by atoms with E-state index < -0.39 is 0 Å². The normalized spacial score (nSPS) is 22.3. The fourth-order valence-corrected chi connectivity index (χ4v) is 3.74. The van der Waals surface area contributed by atoms with Crippen molar-refractivity contribution in [1.29, 1.82) is 0 Å². The number of aryl methyl sites for hydroxylation is 1. The Bertz CT molecular complexity index is 490. The van der Waals surface area contributed by atoms with Crippen molar-refractivity contribution in [3.8, 4) is 0 Å². The van der Waals surface area contributed by atoms with E-state index in [4.69, 9.17) is 0 Å². The van der Waals surface area contributed by atoms with Gasteiger partial charge in [-0.05, 0) is 57.3 Å². The van der Waals surface area contributed by atoms with Crippen LogP contribution in [0.25, 0.3) is 0 Å². The van der Waals surface area contributed by atoms with Crippen LogP contribution in [-0.4, -0.2) is 53.5 Å². The summed E-state index contributed by atoms with van der Waals surface area (Å²) in [5.41, 5.74) is 1.33. The van der Waals surface area contributed by atoms with Crippen LogP contribution in [0.15, 0.2) is 18.3 Å². The molecule has 0 radical (unpaired) electrons. The lowest BCUT2D eigenvalue weighted by Crippen LogP contribution is -2.54. The smallest absolute Gasteiger partial charge is 0.270 e. The Labute approximate surface area is 121 Å². The van der Waals surface area contributed by atoms with E-state index in [0.717, 1.165) is 24.8 Å². The number of nitrogens with zero attached hydrogens (tertiary/aromatic N) is 3. The van der Waals surface area contributed by atoms with Gasteiger partial charge in [-0.25, -0.2) is 0 Å². The van der Waals surface area contributed by atoms with Gasteiger partial charge in [-0.2, -0.15) is 0 Å². The van der Waals surface area contributed by atoms with Crippen molar-refractivity contribution in [3.63, 3.8) is 0 Å². The minimum Gasteiger partial charge on any atom is -0.347 e. The molecule has 1 saturated carbocycles. The van der Waals surface area contributed by atoms with Crippen LogP contribution in [0, 0.1) is 5.41 Å². The summed E-state index contributed by atoms with van der Waals surface area (Å²) < 4.78 is 1.91. The molecular formula is C16H25N3O. The van der Waals surface area contributed by atoms with Crippen LogP contribution in [0.5, 0.6) is 0 Å². The standard InChI is InChI=1S/C16H25N3O/c1-17(2)13-11-16(12-13)6-9-19(10-7-16)15(20)14-5-4-8-18(14)3/h4-5,8,13H,6-7,9-12H2,1-3H3. The van der Waals surface area contributed by atoms with Crippen molar-refractivity contribution >= 4 is 5.91 Å². The van der Waals surface area contributed by atoms with Crippen molar-refractivity contribution in [1.82, 2.24) is 14.4 Å². The van der Waals surface area contributed by atoms with Gasteiger partial charge in [0.2, 0.25) is 0 Å². The average Bonchev–Trinajstić information content (AvgIpc) is 2.81. The van der Waals surface area contributed by atoms with Crippen molar-refractivity contribution in [2.45, 2.75) is 31.7 Å². The van der Waals surface area contributed by atoms with Crippen LogP contribution in [0.1, 0.15) is 36.2 Å². The molecular weight excluding hydrogens is 250 g/mol. The highest BCUT2D eigenvalue weighted by atomic mass is 16.2. The number of amides is 1. The Morgan fingerprint density at radius 3 is 2.45 bits per heavy atom. The molecule has 1 saturated heterocycles. The SMILES string of the molecule is CN(C)C1CC2(CCN(C(=O)c3cccn3C)CC2)C1. The molecule has 4 nitrogen and oxygen atoms in total. The maximum Gasteiger partial charge on any atom is 0.270 e. The fourth-order valence-electron chi connectivity index (χ4n) is 3.74. The number of rotatable bonds is 2. The second kappa shape index (κ2) is 4.92. The average molecular weight is 275 g/mol. The third-order valence-electron chi connectivity index (χ3n) is 5.34. The first-order chi connectivity index (χ1) is 9.51. The molecule has 20 heavy (non-hydrogen) atoms. The maximum atomic E-state index is 12.5. The summed E-state index contributed by atoms with van der Waals surface area (Å²) in [6.07, 6.45) is 6.91. The number of aromatic nitrogens is 1. The Morgan fingerprint density at radius 2 is 1.95 bits per heavy atom. The zero-order valence-corrected chi connectivity index (χ0v) is 12.8. The first-order valence-electron chi connectivity index (χ1n) is 7.58. The summed E-state index contributed by atoms with van der Waals surface area (Å²) in [7, 11) is 6.28. The second-order valence-electron chi connectivity index (χ2n) is 6.82. The number of hydrogen-bond acceptors (Lipinski definition) is 2. The molecule has 1 aromatic rings. The van der Waals surface area contributed by atoms with E-state index in [1.54, 1.807) is 0 Å². The zero-order valence-electron chi connectivity index (χ0n) is 12.8. The molecule has 2 heterocycles. The lowest BCUT2D eigenvalue weighted by molar-refractivity contribution is -0.0233. The van der Waals surface area contributed by atoms with E-state index in [1.807, 2.05) is 34.8 Å². The van der Waals surface area contributed by atoms with Crippen molar-refractivity contribution in [3.05, 3.63) is 24.0 Å². The number of hydrogen-bond donors (Lipinski definition) is 0. The predicted molar refractivity (Wildman–Crippen MR) is 79.7 cm³/mol. The van der Waals surface area contributed by atoms with Gasteiger partial charge in [0.05, 0.1) is 0 Å². The lowest BCUT2D eigenvalue weighted by atomic mass is 9.60. The first kappa shape index (κ1) is 13.7. The second-order valence-corrected chi connectivity index (χ2v) is 6.82. The third-order valence-corrected chi connectivity index (χ3v) is 5.34. The van der Waals surface area contributed by atoms with Gasteiger partial charge >= 0.3 is 0 Å². The molecule has 1 aromatic heterocycles. The highest BCUT2D eigenvalue weighted by molar-refractivity contribution is 5.92. The van der Waals surface area contributed by atoms with Gasteiger partial charge in [0, 0.05) is 32.4 Å². The molecule has 0 unspecified atom stereocenters. The Hall–Kier alpha value is -1.29. The lowest BCUT2D eigenvalue weighted by Gasteiger charge is -2.54.